The van der Waals surface area contributed by atoms with Crippen LogP contribution in [0.4, 0.5) is 4.39 Å². The zero-order valence-corrected chi connectivity index (χ0v) is 8.98. The standard InChI is InChI=1S/C13H12FNO/c1-10-2-3-12(14)8-11(10)9-15-6-4-13(16)5-7-15/h2-8H,9H2,1H3. The summed E-state index contributed by atoms with van der Waals surface area (Å²) in [5.41, 5.74) is 1.94. The Morgan fingerprint density at radius 1 is 1.19 bits per heavy atom. The van der Waals surface area contributed by atoms with Crippen molar-refractivity contribution in [1.29, 1.82) is 0 Å². The molecule has 1 heterocycles. The van der Waals surface area contributed by atoms with Crippen molar-refractivity contribution in [2.45, 2.75) is 13.5 Å². The Balaban J connectivity index is 2.30. The molecule has 0 N–H and O–H groups in total. The van der Waals surface area contributed by atoms with Crippen LogP contribution in [0.5, 0.6) is 0 Å². The molecule has 2 nitrogen and oxygen atoms in total. The molecule has 0 radical (unpaired) electrons. The van der Waals surface area contributed by atoms with Crippen LogP contribution in [-0.4, -0.2) is 4.57 Å². The van der Waals surface area contributed by atoms with Gasteiger partial charge in [0.05, 0.1) is 0 Å². The first kappa shape index (κ1) is 10.6. The SMILES string of the molecule is Cc1ccc(F)cc1Cn1ccc(=O)cc1. The molecule has 0 bridgehead atoms. The van der Waals surface area contributed by atoms with Crippen molar-refractivity contribution in [3.8, 4) is 0 Å². The van der Waals surface area contributed by atoms with Crippen molar-refractivity contribution in [2.24, 2.45) is 0 Å². The zero-order chi connectivity index (χ0) is 11.5. The summed E-state index contributed by atoms with van der Waals surface area (Å²) in [6.45, 7) is 2.52. The topological polar surface area (TPSA) is 22.0 Å². The summed E-state index contributed by atoms with van der Waals surface area (Å²) in [6.07, 6.45) is 3.40. The zero-order valence-electron chi connectivity index (χ0n) is 8.98. The maximum atomic E-state index is 13.1. The lowest BCUT2D eigenvalue weighted by molar-refractivity contribution is 0.622. The van der Waals surface area contributed by atoms with Gasteiger partial charge in [-0.2, -0.15) is 0 Å². The van der Waals surface area contributed by atoms with Gasteiger partial charge in [-0.05, 0) is 30.2 Å². The van der Waals surface area contributed by atoms with Gasteiger partial charge >= 0.3 is 0 Å². The summed E-state index contributed by atoms with van der Waals surface area (Å²) >= 11 is 0. The minimum atomic E-state index is -0.235. The average molecular weight is 217 g/mol. The highest BCUT2D eigenvalue weighted by Gasteiger charge is 2.00. The third-order valence-corrected chi connectivity index (χ3v) is 2.52. The van der Waals surface area contributed by atoms with Crippen LogP contribution in [0.25, 0.3) is 0 Å². The molecule has 82 valence electrons. The number of benzene rings is 1. The smallest absolute Gasteiger partial charge is 0.181 e. The summed E-state index contributed by atoms with van der Waals surface area (Å²) in [7, 11) is 0. The number of nitrogens with zero attached hydrogens (tertiary/aromatic N) is 1. The second-order valence-corrected chi connectivity index (χ2v) is 3.78. The van der Waals surface area contributed by atoms with E-state index in [0.29, 0.717) is 6.54 Å². The van der Waals surface area contributed by atoms with E-state index in [-0.39, 0.29) is 11.2 Å². The Labute approximate surface area is 93.0 Å². The molecule has 0 aliphatic rings. The second kappa shape index (κ2) is 4.31. The van der Waals surface area contributed by atoms with Crippen molar-refractivity contribution in [1.82, 2.24) is 4.57 Å². The van der Waals surface area contributed by atoms with Crippen LogP contribution in [0.2, 0.25) is 0 Å². The molecule has 1 aromatic heterocycles. The van der Waals surface area contributed by atoms with E-state index >= 15 is 0 Å². The number of halogens is 1. The predicted octanol–water partition coefficient (Wildman–Crippen LogP) is 2.34. The lowest BCUT2D eigenvalue weighted by Gasteiger charge is -2.08. The van der Waals surface area contributed by atoms with Crippen LogP contribution in [0.3, 0.4) is 0 Å². The first-order valence-corrected chi connectivity index (χ1v) is 5.06. The monoisotopic (exact) mass is 217 g/mol. The van der Waals surface area contributed by atoms with Gasteiger partial charge in [-0.1, -0.05) is 6.07 Å². The van der Waals surface area contributed by atoms with E-state index in [1.165, 1.54) is 24.3 Å². The molecule has 16 heavy (non-hydrogen) atoms. The largest absolute Gasteiger partial charge is 0.350 e. The van der Waals surface area contributed by atoms with Crippen LogP contribution < -0.4 is 5.43 Å². The quantitative estimate of drug-likeness (QED) is 0.756. The van der Waals surface area contributed by atoms with Crippen molar-refractivity contribution < 1.29 is 4.39 Å². The molecule has 0 amide bonds. The molecule has 2 aromatic rings. The van der Waals surface area contributed by atoms with E-state index in [0.717, 1.165) is 11.1 Å². The average Bonchev–Trinajstić information content (AvgIpc) is 2.27. The third kappa shape index (κ3) is 2.37. The van der Waals surface area contributed by atoms with Gasteiger partial charge in [0.2, 0.25) is 0 Å². The number of aromatic nitrogens is 1. The first-order chi connectivity index (χ1) is 7.65. The van der Waals surface area contributed by atoms with Gasteiger partial charge < -0.3 is 4.57 Å². The Kier molecular flexibility index (Phi) is 2.86. The van der Waals surface area contributed by atoms with E-state index < -0.39 is 0 Å². The fourth-order valence-corrected chi connectivity index (χ4v) is 1.56. The fraction of sp³-hybridized carbons (Fsp3) is 0.154. The maximum absolute atomic E-state index is 13.1. The van der Waals surface area contributed by atoms with Gasteiger partial charge in [-0.3, -0.25) is 4.79 Å². The normalized spacial score (nSPS) is 10.4. The van der Waals surface area contributed by atoms with Gasteiger partial charge in [0.15, 0.2) is 5.43 Å². The molecule has 0 saturated carbocycles. The lowest BCUT2D eigenvalue weighted by Crippen LogP contribution is -2.05. The fourth-order valence-electron chi connectivity index (χ4n) is 1.56. The maximum Gasteiger partial charge on any atom is 0.181 e. The predicted molar refractivity (Wildman–Crippen MR) is 60.9 cm³/mol. The lowest BCUT2D eigenvalue weighted by atomic mass is 10.1. The van der Waals surface area contributed by atoms with E-state index in [2.05, 4.69) is 0 Å². The summed E-state index contributed by atoms with van der Waals surface area (Å²) in [4.78, 5) is 10.9. The van der Waals surface area contributed by atoms with Gasteiger partial charge in [-0.25, -0.2) is 4.39 Å². The highest BCUT2D eigenvalue weighted by molar-refractivity contribution is 5.26. The Bertz CT molecular complexity index is 540. The van der Waals surface area contributed by atoms with E-state index in [9.17, 15) is 9.18 Å². The second-order valence-electron chi connectivity index (χ2n) is 3.78. The number of pyridine rings is 1. The van der Waals surface area contributed by atoms with Crippen LogP contribution in [0.1, 0.15) is 11.1 Å². The number of hydrogen-bond donors (Lipinski definition) is 0. The van der Waals surface area contributed by atoms with Gasteiger partial charge in [-0.15, -0.1) is 0 Å². The summed E-state index contributed by atoms with van der Waals surface area (Å²) in [6, 6.07) is 7.72. The summed E-state index contributed by atoms with van der Waals surface area (Å²) in [5.74, 6) is -0.235. The molecule has 0 aliphatic heterocycles. The highest BCUT2D eigenvalue weighted by atomic mass is 19.1. The van der Waals surface area contributed by atoms with Crippen molar-refractivity contribution in [3.05, 3.63) is 69.9 Å². The molecule has 0 atom stereocenters. The van der Waals surface area contributed by atoms with Crippen LogP contribution in [0, 0.1) is 12.7 Å². The number of aryl methyl sites for hydroxylation is 1. The van der Waals surface area contributed by atoms with Crippen molar-refractivity contribution in [3.63, 3.8) is 0 Å². The molecular weight excluding hydrogens is 205 g/mol. The first-order valence-electron chi connectivity index (χ1n) is 5.06. The molecule has 2 rings (SSSR count). The van der Waals surface area contributed by atoms with Crippen molar-refractivity contribution >= 4 is 0 Å². The van der Waals surface area contributed by atoms with E-state index in [4.69, 9.17) is 0 Å². The summed E-state index contributed by atoms with van der Waals surface area (Å²) < 4.78 is 14.9. The molecular formula is C13H12FNO. The molecule has 0 fully saturated rings. The van der Waals surface area contributed by atoms with E-state index in [1.54, 1.807) is 18.5 Å². The van der Waals surface area contributed by atoms with E-state index in [1.807, 2.05) is 11.5 Å². The van der Waals surface area contributed by atoms with Crippen LogP contribution >= 0.6 is 0 Å². The Morgan fingerprint density at radius 3 is 2.56 bits per heavy atom. The number of rotatable bonds is 2. The molecule has 0 aliphatic carbocycles. The molecule has 0 saturated heterocycles. The molecule has 3 heteroatoms. The van der Waals surface area contributed by atoms with Gasteiger partial charge in [0.25, 0.3) is 0 Å². The molecule has 0 unspecified atom stereocenters. The van der Waals surface area contributed by atoms with Crippen LogP contribution in [0.15, 0.2) is 47.5 Å². The molecule has 0 spiro atoms. The Morgan fingerprint density at radius 2 is 1.88 bits per heavy atom. The minimum absolute atomic E-state index is 0.0211. The summed E-state index contributed by atoms with van der Waals surface area (Å²) in [5, 5.41) is 0. The van der Waals surface area contributed by atoms with Gasteiger partial charge in [0, 0.05) is 31.1 Å². The minimum Gasteiger partial charge on any atom is -0.350 e. The van der Waals surface area contributed by atoms with Crippen molar-refractivity contribution in [2.75, 3.05) is 0 Å². The number of hydrogen-bond acceptors (Lipinski definition) is 1. The Hall–Kier alpha value is -1.90. The van der Waals surface area contributed by atoms with Gasteiger partial charge in [0.1, 0.15) is 5.82 Å². The van der Waals surface area contributed by atoms with Crippen LogP contribution in [-0.2, 0) is 6.54 Å². The third-order valence-electron chi connectivity index (χ3n) is 2.52. The highest BCUT2D eigenvalue weighted by Crippen LogP contribution is 2.11. The molecule has 1 aromatic carbocycles.